The SMILES string of the molecule is COc1cc(N2CCC(N3CCN(c4ccc(-c5cc(C6CCCN(C(=O)CCN)C6)c(F)c6[nH]c(C(=O)N(C)C)cc56)cc4)CC3)CC2)c(F)cc1NC1CCC(=O)NC1=O. The van der Waals surface area contributed by atoms with Crippen LogP contribution in [-0.4, -0.2) is 136 Å². The third kappa shape index (κ3) is 8.80. The van der Waals surface area contributed by atoms with Crippen LogP contribution in [0.15, 0.2) is 48.5 Å². The molecule has 4 saturated heterocycles. The van der Waals surface area contributed by atoms with Crippen LogP contribution in [0.2, 0.25) is 0 Å². The fourth-order valence-electron chi connectivity index (χ4n) is 9.67. The van der Waals surface area contributed by atoms with Crippen molar-refractivity contribution < 1.29 is 32.7 Å². The van der Waals surface area contributed by atoms with Gasteiger partial charge in [0.25, 0.3) is 5.91 Å². The highest BCUT2D eigenvalue weighted by molar-refractivity contribution is 6.04. The minimum absolute atomic E-state index is 0.0141. The van der Waals surface area contributed by atoms with E-state index in [0.717, 1.165) is 68.7 Å². The van der Waals surface area contributed by atoms with Gasteiger partial charge in [-0.1, -0.05) is 12.1 Å². The molecule has 4 fully saturated rings. The highest BCUT2D eigenvalue weighted by Crippen LogP contribution is 2.40. The van der Waals surface area contributed by atoms with E-state index in [2.05, 4.69) is 54.6 Å². The molecule has 4 aliphatic heterocycles. The highest BCUT2D eigenvalue weighted by atomic mass is 19.1. The lowest BCUT2D eigenvalue weighted by Crippen LogP contribution is -2.53. The van der Waals surface area contributed by atoms with Crippen LogP contribution in [0.4, 0.5) is 25.8 Å². The smallest absolute Gasteiger partial charge is 0.269 e. The summed E-state index contributed by atoms with van der Waals surface area (Å²) in [7, 11) is 4.85. The number of carbonyl (C=O) groups is 4. The van der Waals surface area contributed by atoms with E-state index in [4.69, 9.17) is 10.5 Å². The van der Waals surface area contributed by atoms with E-state index in [1.807, 2.05) is 6.07 Å². The van der Waals surface area contributed by atoms with Gasteiger partial charge in [0.15, 0.2) is 5.82 Å². The first-order chi connectivity index (χ1) is 29.9. The molecule has 0 radical (unpaired) electrons. The molecule has 5 heterocycles. The molecule has 14 nitrogen and oxygen atoms in total. The Bertz CT molecular complexity index is 2320. The van der Waals surface area contributed by atoms with Gasteiger partial charge in [0.2, 0.25) is 17.7 Å². The fraction of sp³-hybridized carbons (Fsp3) is 0.478. The quantitative estimate of drug-likeness (QED) is 0.153. The molecule has 0 spiro atoms. The number of methoxy groups -OCH3 is 1. The highest BCUT2D eigenvalue weighted by Gasteiger charge is 2.32. The second kappa shape index (κ2) is 18.3. The van der Waals surface area contributed by atoms with Gasteiger partial charge in [0.05, 0.1) is 24.0 Å². The number of imide groups is 1. The summed E-state index contributed by atoms with van der Waals surface area (Å²) < 4.78 is 37.7. The fourth-order valence-corrected chi connectivity index (χ4v) is 9.67. The number of nitrogens with two attached hydrogens (primary N) is 1. The average Bonchev–Trinajstić information content (AvgIpc) is 3.74. The maximum atomic E-state index is 16.5. The topological polar surface area (TPSA) is 160 Å². The van der Waals surface area contributed by atoms with Gasteiger partial charge >= 0.3 is 0 Å². The summed E-state index contributed by atoms with van der Waals surface area (Å²) in [6.45, 7) is 6.22. The molecular formula is C46H57F2N9O5. The standard InChI is InChI=1S/C46H57F2N9O5/c1-53(2)46(61)38-24-34-32(23-33(43(48)44(34)51-38)29-5-4-16-57(27-29)42(59)12-15-49)28-6-8-30(9-7-28)54-19-21-55(22-20-54)31-13-17-56(18-14-31)39-26-40(62-3)37(25-35(39)47)50-36-10-11-41(58)52-45(36)60/h6-9,23-26,29,31,36,50-51H,4-5,10-22,27,49H2,1-3H3,(H,52,58,60). The first kappa shape index (κ1) is 42.9. The number of fused-ring (bicyclic) bond motifs is 1. The summed E-state index contributed by atoms with van der Waals surface area (Å²) in [5.74, 6) is -1.54. The number of halogens is 2. The average molecular weight is 854 g/mol. The molecule has 16 heteroatoms. The summed E-state index contributed by atoms with van der Waals surface area (Å²) in [6, 6.07) is 14.8. The van der Waals surface area contributed by atoms with Crippen molar-refractivity contribution in [2.75, 3.05) is 95.2 Å². The number of piperidine rings is 3. The molecule has 0 aliphatic carbocycles. The molecule has 62 heavy (non-hydrogen) atoms. The maximum Gasteiger partial charge on any atom is 0.269 e. The van der Waals surface area contributed by atoms with E-state index < -0.39 is 17.8 Å². The Hall–Kier alpha value is -5.74. The number of anilines is 3. The van der Waals surface area contributed by atoms with Crippen LogP contribution in [0.5, 0.6) is 5.75 Å². The Morgan fingerprint density at radius 2 is 1.66 bits per heavy atom. The van der Waals surface area contributed by atoms with Crippen LogP contribution in [0.3, 0.4) is 0 Å². The van der Waals surface area contributed by atoms with E-state index in [0.29, 0.717) is 77.9 Å². The number of hydrogen-bond acceptors (Lipinski definition) is 10. The van der Waals surface area contributed by atoms with E-state index in [9.17, 15) is 19.2 Å². The number of nitrogens with one attached hydrogen (secondary N) is 3. The largest absolute Gasteiger partial charge is 0.495 e. The molecule has 0 bridgehead atoms. The van der Waals surface area contributed by atoms with Crippen LogP contribution >= 0.6 is 0 Å². The Kier molecular flexibility index (Phi) is 12.7. The second-order valence-corrected chi connectivity index (χ2v) is 17.2. The van der Waals surface area contributed by atoms with E-state index in [-0.39, 0.29) is 48.8 Å². The third-order valence-electron chi connectivity index (χ3n) is 13.1. The van der Waals surface area contributed by atoms with Gasteiger partial charge in [0.1, 0.15) is 23.3 Å². The number of likely N-dealkylation sites (tertiary alicyclic amines) is 1. The minimum atomic E-state index is -0.648. The molecule has 2 atom stereocenters. The second-order valence-electron chi connectivity index (χ2n) is 17.2. The van der Waals surface area contributed by atoms with Gasteiger partial charge in [-0.3, -0.25) is 29.4 Å². The predicted molar refractivity (Wildman–Crippen MR) is 236 cm³/mol. The molecule has 1 aromatic heterocycles. The summed E-state index contributed by atoms with van der Waals surface area (Å²) in [5.41, 5.74) is 10.5. The lowest BCUT2D eigenvalue weighted by atomic mass is 9.87. The van der Waals surface area contributed by atoms with E-state index in [1.165, 1.54) is 18.1 Å². The number of ether oxygens (including phenoxy) is 1. The van der Waals surface area contributed by atoms with Crippen LogP contribution in [0.1, 0.15) is 66.9 Å². The maximum absolute atomic E-state index is 16.5. The molecular weight excluding hydrogens is 797 g/mol. The summed E-state index contributed by atoms with van der Waals surface area (Å²) in [4.78, 5) is 63.0. The van der Waals surface area contributed by atoms with Crippen molar-refractivity contribution in [2.24, 2.45) is 5.73 Å². The number of aromatic nitrogens is 1. The number of rotatable bonds is 11. The van der Waals surface area contributed by atoms with Crippen molar-refractivity contribution in [1.29, 1.82) is 0 Å². The zero-order valence-electron chi connectivity index (χ0n) is 35.8. The zero-order valence-corrected chi connectivity index (χ0v) is 35.8. The van der Waals surface area contributed by atoms with Gasteiger partial charge in [-0.15, -0.1) is 0 Å². The number of nitrogens with zero attached hydrogens (tertiary/aromatic N) is 5. The Labute approximate surface area is 360 Å². The van der Waals surface area contributed by atoms with E-state index in [1.54, 1.807) is 31.1 Å². The van der Waals surface area contributed by atoms with Gasteiger partial charge in [0, 0.05) is 121 Å². The van der Waals surface area contributed by atoms with Crippen molar-refractivity contribution in [1.82, 2.24) is 25.0 Å². The zero-order chi connectivity index (χ0) is 43.7. The van der Waals surface area contributed by atoms with Crippen molar-refractivity contribution in [3.8, 4) is 16.9 Å². The predicted octanol–water partition coefficient (Wildman–Crippen LogP) is 4.89. The summed E-state index contributed by atoms with van der Waals surface area (Å²) >= 11 is 0. The number of H-pyrrole nitrogens is 1. The van der Waals surface area contributed by atoms with Crippen LogP contribution in [0.25, 0.3) is 22.0 Å². The molecule has 2 unspecified atom stereocenters. The Balaban J connectivity index is 0.920. The number of amides is 4. The molecule has 330 valence electrons. The first-order valence-corrected chi connectivity index (χ1v) is 21.8. The Morgan fingerprint density at radius 1 is 0.919 bits per heavy atom. The van der Waals surface area contributed by atoms with E-state index >= 15 is 8.78 Å². The van der Waals surface area contributed by atoms with Gasteiger partial charge in [-0.25, -0.2) is 8.78 Å². The lowest BCUT2D eigenvalue weighted by Gasteiger charge is -2.44. The summed E-state index contributed by atoms with van der Waals surface area (Å²) in [6.07, 6.45) is 4.11. The number of benzene rings is 3. The van der Waals surface area contributed by atoms with Gasteiger partial charge in [-0.05, 0) is 73.1 Å². The lowest BCUT2D eigenvalue weighted by molar-refractivity contribution is -0.134. The molecule has 4 aromatic rings. The number of hydrogen-bond donors (Lipinski definition) is 4. The minimum Gasteiger partial charge on any atom is -0.495 e. The molecule has 4 amide bonds. The molecule has 8 rings (SSSR count). The van der Waals surface area contributed by atoms with Crippen molar-refractivity contribution in [2.45, 2.75) is 62.9 Å². The van der Waals surface area contributed by atoms with Crippen molar-refractivity contribution in [3.63, 3.8) is 0 Å². The van der Waals surface area contributed by atoms with Crippen molar-refractivity contribution >= 4 is 51.6 Å². The molecule has 3 aromatic carbocycles. The molecule has 5 N–H and O–H groups in total. The number of carbonyl (C=O) groups excluding carboxylic acids is 4. The molecule has 0 saturated carbocycles. The normalized spacial score (nSPS) is 20.4. The van der Waals surface area contributed by atoms with Gasteiger partial charge in [-0.2, -0.15) is 0 Å². The van der Waals surface area contributed by atoms with Crippen LogP contribution in [-0.2, 0) is 14.4 Å². The molecule has 4 aliphatic rings. The summed E-state index contributed by atoms with van der Waals surface area (Å²) in [5, 5.41) is 6.01. The monoisotopic (exact) mass is 853 g/mol. The van der Waals surface area contributed by atoms with Crippen LogP contribution in [0, 0.1) is 11.6 Å². The Morgan fingerprint density at radius 3 is 2.34 bits per heavy atom. The van der Waals surface area contributed by atoms with Crippen molar-refractivity contribution in [3.05, 3.63) is 71.4 Å². The van der Waals surface area contributed by atoms with Gasteiger partial charge < -0.3 is 40.4 Å². The number of piperazine rings is 1. The third-order valence-corrected chi connectivity index (χ3v) is 13.1. The first-order valence-electron chi connectivity index (χ1n) is 21.8. The number of aromatic amines is 1. The van der Waals surface area contributed by atoms with Crippen LogP contribution < -0.4 is 30.9 Å².